The summed E-state index contributed by atoms with van der Waals surface area (Å²) in [5.74, 6) is -0.0884. The fraction of sp³-hybridized carbons (Fsp3) is 0.0909. The van der Waals surface area contributed by atoms with Gasteiger partial charge >= 0.3 is 0 Å². The summed E-state index contributed by atoms with van der Waals surface area (Å²) in [6, 6.07) is 4.45. The predicted molar refractivity (Wildman–Crippen MR) is 68.9 cm³/mol. The van der Waals surface area contributed by atoms with Gasteiger partial charge in [-0.05, 0) is 18.3 Å². The molecule has 19 heavy (non-hydrogen) atoms. The zero-order valence-electron chi connectivity index (χ0n) is 9.51. The molecule has 1 aliphatic heterocycles. The number of aromatic hydroxyl groups is 1. The van der Waals surface area contributed by atoms with Crippen molar-refractivity contribution < 1.29 is 10.0 Å². The number of nitro groups is 1. The van der Waals surface area contributed by atoms with E-state index in [-0.39, 0.29) is 11.6 Å². The van der Waals surface area contributed by atoms with Crippen LogP contribution in [-0.2, 0) is 0 Å². The monoisotopic (exact) mass is 276 g/mol. The summed E-state index contributed by atoms with van der Waals surface area (Å²) in [5, 5.41) is 21.8. The fourth-order valence-corrected chi connectivity index (χ4v) is 2.27. The maximum absolute atomic E-state index is 10.8. The first kappa shape index (κ1) is 11.6. The van der Waals surface area contributed by atoms with E-state index in [9.17, 15) is 15.2 Å². The van der Waals surface area contributed by atoms with E-state index in [1.165, 1.54) is 12.1 Å². The topological polar surface area (TPSA) is 107 Å². The molecule has 3 N–H and O–H groups in total. The van der Waals surface area contributed by atoms with E-state index in [0.29, 0.717) is 33.2 Å². The van der Waals surface area contributed by atoms with E-state index in [0.717, 1.165) is 0 Å². The van der Waals surface area contributed by atoms with Crippen LogP contribution in [0.4, 0.5) is 5.69 Å². The van der Waals surface area contributed by atoms with Gasteiger partial charge in [-0.2, -0.15) is 0 Å². The summed E-state index contributed by atoms with van der Waals surface area (Å²) in [6.45, 7) is 0.340. The maximum Gasteiger partial charge on any atom is 0.270 e. The molecule has 0 atom stereocenters. The number of imidazole rings is 1. The van der Waals surface area contributed by atoms with Crippen molar-refractivity contribution in [3.8, 4) is 5.88 Å². The lowest BCUT2D eigenvalue weighted by Crippen LogP contribution is -2.23. The number of benzene rings is 1. The molecule has 8 heteroatoms. The van der Waals surface area contributed by atoms with Crippen LogP contribution in [0.5, 0.6) is 5.88 Å². The van der Waals surface area contributed by atoms with Crippen molar-refractivity contribution >= 4 is 23.5 Å². The maximum atomic E-state index is 10.8. The quantitative estimate of drug-likeness (QED) is 0.422. The Morgan fingerprint density at radius 3 is 2.84 bits per heavy atom. The molecule has 0 aliphatic carbocycles. The highest BCUT2D eigenvalue weighted by atomic mass is 32.1. The molecule has 0 bridgehead atoms. The Balaban J connectivity index is 2.33. The van der Waals surface area contributed by atoms with Crippen LogP contribution in [-0.4, -0.2) is 26.5 Å². The highest BCUT2D eigenvalue weighted by molar-refractivity contribution is 7.71. The molecule has 96 valence electrons. The van der Waals surface area contributed by atoms with Crippen molar-refractivity contribution in [3.05, 3.63) is 49.4 Å². The molecule has 0 spiro atoms. The van der Waals surface area contributed by atoms with E-state index < -0.39 is 4.92 Å². The number of aromatic amines is 2. The van der Waals surface area contributed by atoms with Crippen LogP contribution in [0.2, 0.25) is 0 Å². The van der Waals surface area contributed by atoms with Gasteiger partial charge < -0.3 is 15.1 Å². The van der Waals surface area contributed by atoms with E-state index in [1.54, 1.807) is 6.07 Å². The summed E-state index contributed by atoms with van der Waals surface area (Å²) < 4.78 is 0.291. The molecule has 0 unspecified atom stereocenters. The van der Waals surface area contributed by atoms with E-state index in [1.807, 2.05) is 0 Å². The molecule has 2 aromatic rings. The highest BCUT2D eigenvalue weighted by Crippen LogP contribution is 2.20. The van der Waals surface area contributed by atoms with Crippen LogP contribution in [0.3, 0.4) is 0 Å². The van der Waals surface area contributed by atoms with Gasteiger partial charge in [0, 0.05) is 22.9 Å². The van der Waals surface area contributed by atoms with Gasteiger partial charge in [0.05, 0.1) is 16.8 Å². The first-order valence-corrected chi connectivity index (χ1v) is 5.81. The molecule has 2 heterocycles. The Morgan fingerprint density at radius 1 is 1.42 bits per heavy atom. The average Bonchev–Trinajstić information content (AvgIpc) is 2.91. The standard InChI is InChI=1S/C11H8N4O3S/c16-10-9(13-11(19)14-10)7-4-12-8-2-1-5(15(17)18)3-6(7)8/h1-3,16H,4H2,(H2,13,14,19). The summed E-state index contributed by atoms with van der Waals surface area (Å²) >= 11 is 4.90. The van der Waals surface area contributed by atoms with Crippen LogP contribution in [0.1, 0.15) is 5.69 Å². The Labute approximate surface area is 111 Å². The van der Waals surface area contributed by atoms with Crippen LogP contribution in [0.15, 0.2) is 23.2 Å². The van der Waals surface area contributed by atoms with Crippen molar-refractivity contribution in [1.82, 2.24) is 9.97 Å². The largest absolute Gasteiger partial charge is 0.493 e. The summed E-state index contributed by atoms with van der Waals surface area (Å²) in [4.78, 5) is 20.0. The molecule has 7 nitrogen and oxygen atoms in total. The number of rotatable bonds is 2. The summed E-state index contributed by atoms with van der Waals surface area (Å²) in [5.41, 5.74) is 1.10. The summed E-state index contributed by atoms with van der Waals surface area (Å²) in [7, 11) is 0. The van der Waals surface area contributed by atoms with Crippen LogP contribution < -0.4 is 10.6 Å². The van der Waals surface area contributed by atoms with Crippen LogP contribution in [0.25, 0.3) is 5.57 Å². The molecule has 0 fully saturated rings. The van der Waals surface area contributed by atoms with Crippen molar-refractivity contribution in [1.29, 1.82) is 0 Å². The normalized spacial score (nSPS) is 13.2. The van der Waals surface area contributed by atoms with Gasteiger partial charge in [0.1, 0.15) is 5.69 Å². The van der Waals surface area contributed by atoms with E-state index >= 15 is 0 Å². The van der Waals surface area contributed by atoms with Crippen molar-refractivity contribution in [2.45, 2.75) is 0 Å². The molecular formula is C11H8N4O3S. The number of aromatic nitrogens is 2. The summed E-state index contributed by atoms with van der Waals surface area (Å²) in [6.07, 6.45) is 0. The number of non-ortho nitro benzene ring substituents is 1. The van der Waals surface area contributed by atoms with Crippen LogP contribution >= 0.6 is 12.2 Å². The minimum atomic E-state index is -0.463. The third-order valence-corrected chi connectivity index (χ3v) is 3.14. The van der Waals surface area contributed by atoms with Crippen LogP contribution in [0, 0.1) is 14.9 Å². The Kier molecular flexibility index (Phi) is 2.46. The molecule has 0 saturated carbocycles. The Bertz CT molecular complexity index is 865. The lowest BCUT2D eigenvalue weighted by molar-refractivity contribution is -0.385. The zero-order chi connectivity index (χ0) is 13.6. The number of fused-ring (bicyclic) bond motifs is 1. The highest BCUT2D eigenvalue weighted by Gasteiger charge is 2.17. The average molecular weight is 276 g/mol. The van der Waals surface area contributed by atoms with Gasteiger partial charge in [0.2, 0.25) is 5.88 Å². The van der Waals surface area contributed by atoms with Crippen molar-refractivity contribution in [2.24, 2.45) is 4.99 Å². The SMILES string of the molecule is O=[N+]([O-])c1ccc2c(c1)=C(c1[nH]c(=S)[nH]c1O)CN=2. The lowest BCUT2D eigenvalue weighted by Gasteiger charge is -1.98. The molecule has 0 saturated heterocycles. The number of hydrogen-bond donors (Lipinski definition) is 3. The number of nitrogens with zero attached hydrogens (tertiary/aromatic N) is 2. The van der Waals surface area contributed by atoms with Gasteiger partial charge in [-0.3, -0.25) is 15.1 Å². The van der Waals surface area contributed by atoms with Crippen molar-refractivity contribution in [2.75, 3.05) is 6.54 Å². The van der Waals surface area contributed by atoms with Gasteiger partial charge in [-0.25, -0.2) is 0 Å². The second-order valence-corrected chi connectivity index (χ2v) is 4.46. The Morgan fingerprint density at radius 2 is 2.21 bits per heavy atom. The fourth-order valence-electron chi connectivity index (χ4n) is 2.07. The predicted octanol–water partition coefficient (Wildman–Crippen LogP) is 0.518. The number of nitro benzene ring substituents is 1. The molecule has 0 amide bonds. The number of H-pyrrole nitrogens is 2. The molecule has 1 aromatic carbocycles. The van der Waals surface area contributed by atoms with Crippen molar-refractivity contribution in [3.63, 3.8) is 0 Å². The van der Waals surface area contributed by atoms with Gasteiger partial charge in [-0.1, -0.05) is 0 Å². The minimum absolute atomic E-state index is 0.0121. The van der Waals surface area contributed by atoms with Gasteiger partial charge in [0.25, 0.3) is 5.69 Å². The van der Waals surface area contributed by atoms with Gasteiger partial charge in [-0.15, -0.1) is 0 Å². The molecular weight excluding hydrogens is 268 g/mol. The second kappa shape index (κ2) is 4.02. The van der Waals surface area contributed by atoms with Gasteiger partial charge in [0.15, 0.2) is 4.77 Å². The number of hydrogen-bond acceptors (Lipinski definition) is 5. The van der Waals surface area contributed by atoms with E-state index in [4.69, 9.17) is 12.2 Å². The lowest BCUT2D eigenvalue weighted by atomic mass is 10.1. The minimum Gasteiger partial charge on any atom is -0.493 e. The smallest absolute Gasteiger partial charge is 0.270 e. The first-order chi connectivity index (χ1) is 9.06. The molecule has 3 rings (SSSR count). The second-order valence-electron chi connectivity index (χ2n) is 4.06. The number of nitrogens with one attached hydrogen (secondary N) is 2. The molecule has 1 aromatic heterocycles. The third-order valence-electron chi connectivity index (χ3n) is 2.93. The first-order valence-electron chi connectivity index (χ1n) is 5.40. The third kappa shape index (κ3) is 1.82. The zero-order valence-corrected chi connectivity index (χ0v) is 10.3. The Hall–Kier alpha value is -2.48. The molecule has 0 radical (unpaired) electrons. The molecule has 1 aliphatic rings. The van der Waals surface area contributed by atoms with E-state index in [2.05, 4.69) is 15.0 Å².